The molecule has 2 rings (SSSR count). The second kappa shape index (κ2) is 14.5. The highest BCUT2D eigenvalue weighted by Gasteiger charge is 2.34. The van der Waals surface area contributed by atoms with Gasteiger partial charge in [0.15, 0.2) is 0 Å². The molecule has 0 saturated heterocycles. The van der Waals surface area contributed by atoms with Crippen molar-refractivity contribution in [1.29, 1.82) is 0 Å². The van der Waals surface area contributed by atoms with Crippen LogP contribution in [0, 0.1) is 20.8 Å². The Morgan fingerprint density at radius 2 is 1.56 bits per heavy atom. The first-order valence-electron chi connectivity index (χ1n) is 14.2. The third-order valence-corrected chi connectivity index (χ3v) is 7.77. The highest BCUT2D eigenvalue weighted by atomic mass is 16.5. The van der Waals surface area contributed by atoms with Gasteiger partial charge in [0.25, 0.3) is 0 Å². The summed E-state index contributed by atoms with van der Waals surface area (Å²) in [6, 6.07) is -1.28. The van der Waals surface area contributed by atoms with Gasteiger partial charge in [-0.25, -0.2) is 0 Å². The van der Waals surface area contributed by atoms with E-state index in [4.69, 9.17) is 20.3 Å². The van der Waals surface area contributed by atoms with E-state index in [1.807, 2.05) is 20.8 Å². The first-order chi connectivity index (χ1) is 18.2. The minimum Gasteiger partial charge on any atom is -0.487 e. The van der Waals surface area contributed by atoms with Crippen LogP contribution in [0.5, 0.6) is 11.5 Å². The normalized spacial score (nSPS) is 18.2. The van der Waals surface area contributed by atoms with Crippen LogP contribution in [-0.2, 0) is 16.0 Å². The summed E-state index contributed by atoms with van der Waals surface area (Å²) in [5.74, 6) is -0.498. The molecule has 0 aliphatic carbocycles. The minimum atomic E-state index is -1.28. The van der Waals surface area contributed by atoms with E-state index in [0.29, 0.717) is 5.75 Å². The van der Waals surface area contributed by atoms with Crippen molar-refractivity contribution in [3.05, 3.63) is 57.2 Å². The highest BCUT2D eigenvalue weighted by Crippen LogP contribution is 2.45. The van der Waals surface area contributed by atoms with Gasteiger partial charge in [-0.3, -0.25) is 9.59 Å². The van der Waals surface area contributed by atoms with Gasteiger partial charge < -0.3 is 20.3 Å². The maximum Gasteiger partial charge on any atom is 0.321 e. The molecule has 0 bridgehead atoms. The molecule has 6 nitrogen and oxygen atoms in total. The molecule has 1 aromatic carbocycles. The van der Waals surface area contributed by atoms with Crippen molar-refractivity contribution in [3.8, 4) is 11.5 Å². The Labute approximate surface area is 235 Å². The summed E-state index contributed by atoms with van der Waals surface area (Å²) in [5.41, 5.74) is 13.2. The van der Waals surface area contributed by atoms with Crippen LogP contribution in [0.1, 0.15) is 108 Å². The molecule has 216 valence electrons. The molecule has 0 fully saturated rings. The molecule has 1 heterocycles. The number of allylic oxidation sites excluding steroid dienone is 6. The number of nitrogens with two attached hydrogens (primary N) is 1. The van der Waals surface area contributed by atoms with Crippen molar-refractivity contribution < 1.29 is 24.2 Å². The molecule has 0 saturated carbocycles. The number of fused-ring (bicyclic) bond motifs is 1. The monoisotopic (exact) mass is 539 g/mol. The third kappa shape index (κ3) is 9.68. The Morgan fingerprint density at radius 1 is 0.974 bits per heavy atom. The quantitative estimate of drug-likeness (QED) is 0.152. The van der Waals surface area contributed by atoms with E-state index in [2.05, 4.69) is 52.8 Å². The third-order valence-electron chi connectivity index (χ3n) is 7.77. The molecular weight excluding hydrogens is 490 g/mol. The fourth-order valence-electron chi connectivity index (χ4n) is 5.00. The van der Waals surface area contributed by atoms with Crippen LogP contribution in [0.3, 0.4) is 0 Å². The number of carboxylic acid groups (broad SMARTS) is 1. The number of hydrogen-bond acceptors (Lipinski definition) is 5. The lowest BCUT2D eigenvalue weighted by atomic mass is 9.85. The zero-order valence-electron chi connectivity index (χ0n) is 25.3. The Kier molecular flexibility index (Phi) is 12.0. The van der Waals surface area contributed by atoms with Crippen molar-refractivity contribution >= 4 is 11.9 Å². The van der Waals surface area contributed by atoms with E-state index in [-0.39, 0.29) is 12.0 Å². The number of esters is 1. The van der Waals surface area contributed by atoms with Crippen LogP contribution in [-0.4, -0.2) is 28.7 Å². The van der Waals surface area contributed by atoms with Crippen LogP contribution < -0.4 is 15.2 Å². The van der Waals surface area contributed by atoms with Gasteiger partial charge in [-0.1, -0.05) is 34.9 Å². The van der Waals surface area contributed by atoms with Gasteiger partial charge in [0, 0.05) is 5.56 Å². The topological polar surface area (TPSA) is 98.9 Å². The fraction of sp³-hybridized carbons (Fsp3) is 0.576. The zero-order chi connectivity index (χ0) is 29.3. The van der Waals surface area contributed by atoms with Crippen molar-refractivity contribution in [3.63, 3.8) is 0 Å². The van der Waals surface area contributed by atoms with E-state index >= 15 is 0 Å². The predicted molar refractivity (Wildman–Crippen MR) is 159 cm³/mol. The summed E-state index contributed by atoms with van der Waals surface area (Å²) >= 11 is 0. The number of benzene rings is 1. The molecule has 1 aliphatic rings. The van der Waals surface area contributed by atoms with Gasteiger partial charge in [-0.05, 0) is 123 Å². The van der Waals surface area contributed by atoms with E-state index in [0.717, 1.165) is 79.4 Å². The Morgan fingerprint density at radius 3 is 2.15 bits per heavy atom. The summed E-state index contributed by atoms with van der Waals surface area (Å²) in [6.45, 7) is 16.7. The SMILES string of the molecule is CC(C)=CCC/C(C)=C/CC/C(C)=C/CCC1(C)CCc2c(C)c(OC(=O)CC(N)C(=O)O)c(C)c(C)c2O1. The summed E-state index contributed by atoms with van der Waals surface area (Å²) in [7, 11) is 0. The molecule has 1 aromatic rings. The van der Waals surface area contributed by atoms with Gasteiger partial charge in [0.1, 0.15) is 23.1 Å². The molecular formula is C33H49NO5. The van der Waals surface area contributed by atoms with Crippen LogP contribution in [0.2, 0.25) is 0 Å². The summed E-state index contributed by atoms with van der Waals surface area (Å²) < 4.78 is 12.2. The number of ether oxygens (including phenoxy) is 2. The number of carbonyl (C=O) groups is 2. The summed E-state index contributed by atoms with van der Waals surface area (Å²) in [6.07, 6.45) is 14.7. The fourth-order valence-corrected chi connectivity index (χ4v) is 5.00. The zero-order valence-corrected chi connectivity index (χ0v) is 25.3. The summed E-state index contributed by atoms with van der Waals surface area (Å²) in [4.78, 5) is 23.3. The van der Waals surface area contributed by atoms with Gasteiger partial charge >= 0.3 is 11.9 Å². The second-order valence-electron chi connectivity index (χ2n) is 11.7. The lowest BCUT2D eigenvalue weighted by molar-refractivity contribution is -0.143. The van der Waals surface area contributed by atoms with Crippen molar-refractivity contribution in [2.75, 3.05) is 0 Å². The van der Waals surface area contributed by atoms with Crippen LogP contribution in [0.15, 0.2) is 34.9 Å². The van der Waals surface area contributed by atoms with Gasteiger partial charge in [0.2, 0.25) is 0 Å². The largest absolute Gasteiger partial charge is 0.487 e. The molecule has 0 aromatic heterocycles. The first kappa shape index (κ1) is 32.4. The molecule has 2 atom stereocenters. The lowest BCUT2D eigenvalue weighted by Crippen LogP contribution is -2.37. The van der Waals surface area contributed by atoms with E-state index in [1.165, 1.54) is 16.7 Å². The Hall–Kier alpha value is -2.86. The molecule has 39 heavy (non-hydrogen) atoms. The molecule has 0 spiro atoms. The Balaban J connectivity index is 2.00. The van der Waals surface area contributed by atoms with Crippen LogP contribution in [0.4, 0.5) is 0 Å². The van der Waals surface area contributed by atoms with Crippen LogP contribution in [0.25, 0.3) is 0 Å². The van der Waals surface area contributed by atoms with E-state index in [9.17, 15) is 9.59 Å². The second-order valence-corrected chi connectivity index (χ2v) is 11.7. The average Bonchev–Trinajstić information content (AvgIpc) is 2.84. The minimum absolute atomic E-state index is 0.263. The van der Waals surface area contributed by atoms with Gasteiger partial charge in [-0.2, -0.15) is 0 Å². The molecule has 0 radical (unpaired) electrons. The van der Waals surface area contributed by atoms with Crippen LogP contribution >= 0.6 is 0 Å². The average molecular weight is 540 g/mol. The van der Waals surface area contributed by atoms with Crippen molar-refractivity contribution in [1.82, 2.24) is 0 Å². The first-order valence-corrected chi connectivity index (χ1v) is 14.2. The van der Waals surface area contributed by atoms with Gasteiger partial charge in [0.05, 0.1) is 6.42 Å². The maximum atomic E-state index is 12.3. The predicted octanol–water partition coefficient (Wildman–Crippen LogP) is 7.60. The lowest BCUT2D eigenvalue weighted by Gasteiger charge is -2.38. The molecule has 0 amide bonds. The molecule has 1 aliphatic heterocycles. The number of aliphatic carboxylic acids is 1. The van der Waals surface area contributed by atoms with E-state index < -0.39 is 18.0 Å². The van der Waals surface area contributed by atoms with Gasteiger partial charge in [-0.15, -0.1) is 0 Å². The highest BCUT2D eigenvalue weighted by molar-refractivity contribution is 5.82. The van der Waals surface area contributed by atoms with Crippen molar-refractivity contribution in [2.45, 2.75) is 125 Å². The number of carboxylic acids is 1. The maximum absolute atomic E-state index is 12.3. The molecule has 2 unspecified atom stereocenters. The Bertz CT molecular complexity index is 1140. The number of rotatable bonds is 13. The number of carbonyl (C=O) groups excluding carboxylic acids is 1. The van der Waals surface area contributed by atoms with E-state index in [1.54, 1.807) is 0 Å². The summed E-state index contributed by atoms with van der Waals surface area (Å²) in [5, 5.41) is 8.99. The standard InChI is InChI=1S/C33H49NO5/c1-21(2)12-9-13-22(3)14-10-15-23(4)16-11-18-33(8)19-17-27-26(7)30(24(5)25(6)31(27)39-33)38-29(35)20-28(34)32(36)37/h12,14,16,28H,9-11,13,15,17-20,34H2,1-8H3,(H,36,37)/b22-14+,23-16+. The van der Waals surface area contributed by atoms with Crippen molar-refractivity contribution in [2.24, 2.45) is 5.73 Å². The number of hydrogen-bond donors (Lipinski definition) is 2. The molecule has 3 N–H and O–H groups in total. The molecule has 6 heteroatoms. The smallest absolute Gasteiger partial charge is 0.321 e.